The van der Waals surface area contributed by atoms with Crippen molar-refractivity contribution in [2.45, 2.75) is 46.1 Å². The minimum Gasteiger partial charge on any atom is -0.494 e. The first-order chi connectivity index (χ1) is 11.1. The van der Waals surface area contributed by atoms with Crippen molar-refractivity contribution in [1.29, 1.82) is 0 Å². The van der Waals surface area contributed by atoms with Gasteiger partial charge >= 0.3 is 0 Å². The van der Waals surface area contributed by atoms with E-state index in [4.69, 9.17) is 9.47 Å². The number of carbonyl (C=O) groups excluding carboxylic acids is 1. The zero-order valence-corrected chi connectivity index (χ0v) is 14.5. The molecule has 1 aromatic carbocycles. The van der Waals surface area contributed by atoms with Crippen LogP contribution in [0.1, 0.15) is 50.4 Å². The van der Waals surface area contributed by atoms with Crippen molar-refractivity contribution in [3.05, 3.63) is 29.8 Å². The van der Waals surface area contributed by atoms with Crippen LogP contribution in [0.5, 0.6) is 5.75 Å². The third-order valence-electron chi connectivity index (χ3n) is 4.25. The normalized spacial score (nSPS) is 21.2. The standard InChI is InChI=1S/C19H29NO3/c1-4-10-22-17-9-5-7-15(12-17)19(21)20-13-16-8-6-11-23-18(16)14(2)3/h5,7,9,12,14,16,18H,4,6,8,10-11,13H2,1-3H3,(H,20,21)/t16-,18+/m1/s1. The molecule has 1 aromatic rings. The van der Waals surface area contributed by atoms with Gasteiger partial charge in [-0.15, -0.1) is 0 Å². The summed E-state index contributed by atoms with van der Waals surface area (Å²) in [5.74, 6) is 1.58. The summed E-state index contributed by atoms with van der Waals surface area (Å²) in [6, 6.07) is 7.38. The second-order valence-corrected chi connectivity index (χ2v) is 6.57. The first kappa shape index (κ1) is 17.8. The van der Waals surface area contributed by atoms with Crippen LogP contribution in [0.3, 0.4) is 0 Å². The molecule has 0 aliphatic carbocycles. The van der Waals surface area contributed by atoms with Gasteiger partial charge < -0.3 is 14.8 Å². The Balaban J connectivity index is 1.91. The molecule has 1 N–H and O–H groups in total. The molecule has 23 heavy (non-hydrogen) atoms. The van der Waals surface area contributed by atoms with E-state index in [2.05, 4.69) is 26.1 Å². The highest BCUT2D eigenvalue weighted by Crippen LogP contribution is 2.25. The number of ether oxygens (including phenoxy) is 2. The first-order valence-corrected chi connectivity index (χ1v) is 8.74. The fourth-order valence-electron chi connectivity index (χ4n) is 3.09. The molecule has 1 heterocycles. The van der Waals surface area contributed by atoms with Gasteiger partial charge in [-0.2, -0.15) is 0 Å². The van der Waals surface area contributed by atoms with E-state index in [1.54, 1.807) is 0 Å². The molecule has 1 fully saturated rings. The van der Waals surface area contributed by atoms with E-state index in [1.165, 1.54) is 0 Å². The number of amides is 1. The molecular weight excluding hydrogens is 290 g/mol. The summed E-state index contributed by atoms with van der Waals surface area (Å²) in [5.41, 5.74) is 0.649. The van der Waals surface area contributed by atoms with Crippen LogP contribution in [-0.4, -0.2) is 31.8 Å². The summed E-state index contributed by atoms with van der Waals surface area (Å²) in [6.07, 6.45) is 3.38. The molecule has 0 saturated carbocycles. The summed E-state index contributed by atoms with van der Waals surface area (Å²) in [7, 11) is 0. The first-order valence-electron chi connectivity index (χ1n) is 8.74. The Morgan fingerprint density at radius 2 is 2.26 bits per heavy atom. The van der Waals surface area contributed by atoms with Crippen molar-refractivity contribution >= 4 is 5.91 Å². The zero-order valence-electron chi connectivity index (χ0n) is 14.5. The second-order valence-electron chi connectivity index (χ2n) is 6.57. The van der Waals surface area contributed by atoms with E-state index in [0.717, 1.165) is 31.6 Å². The lowest BCUT2D eigenvalue weighted by Crippen LogP contribution is -2.41. The van der Waals surface area contributed by atoms with Crippen molar-refractivity contribution in [3.8, 4) is 5.75 Å². The molecule has 4 nitrogen and oxygen atoms in total. The lowest BCUT2D eigenvalue weighted by molar-refractivity contribution is -0.0510. The Morgan fingerprint density at radius 1 is 1.43 bits per heavy atom. The summed E-state index contributed by atoms with van der Waals surface area (Å²) in [6.45, 7) is 8.60. The van der Waals surface area contributed by atoms with Gasteiger partial charge in [0.25, 0.3) is 5.91 Å². The Hall–Kier alpha value is -1.55. The van der Waals surface area contributed by atoms with Gasteiger partial charge in [0, 0.05) is 24.6 Å². The summed E-state index contributed by atoms with van der Waals surface area (Å²) in [4.78, 5) is 12.4. The SMILES string of the molecule is CCCOc1cccc(C(=O)NC[C@H]2CCCO[C@H]2C(C)C)c1. The molecule has 0 radical (unpaired) electrons. The molecule has 0 unspecified atom stereocenters. The number of benzene rings is 1. The van der Waals surface area contributed by atoms with Crippen molar-refractivity contribution in [2.75, 3.05) is 19.8 Å². The molecule has 1 saturated heterocycles. The molecule has 0 bridgehead atoms. The Bertz CT molecular complexity index is 501. The maximum atomic E-state index is 12.4. The fourth-order valence-corrected chi connectivity index (χ4v) is 3.09. The van der Waals surface area contributed by atoms with Crippen LogP contribution in [0.4, 0.5) is 0 Å². The minimum absolute atomic E-state index is 0.0416. The van der Waals surface area contributed by atoms with Gasteiger partial charge in [0.2, 0.25) is 0 Å². The Kier molecular flexibility index (Phi) is 6.90. The molecule has 1 aliphatic rings. The fraction of sp³-hybridized carbons (Fsp3) is 0.632. The van der Waals surface area contributed by atoms with E-state index < -0.39 is 0 Å². The summed E-state index contributed by atoms with van der Waals surface area (Å²) >= 11 is 0. The maximum Gasteiger partial charge on any atom is 0.251 e. The van der Waals surface area contributed by atoms with Crippen LogP contribution >= 0.6 is 0 Å². The second kappa shape index (κ2) is 8.92. The molecule has 2 atom stereocenters. The van der Waals surface area contributed by atoms with Crippen LogP contribution in [0.25, 0.3) is 0 Å². The molecule has 1 amide bonds. The predicted molar refractivity (Wildman–Crippen MR) is 91.9 cm³/mol. The largest absolute Gasteiger partial charge is 0.494 e. The maximum absolute atomic E-state index is 12.4. The van der Waals surface area contributed by atoms with Crippen LogP contribution in [0, 0.1) is 11.8 Å². The van der Waals surface area contributed by atoms with E-state index >= 15 is 0 Å². The van der Waals surface area contributed by atoms with Crippen LogP contribution in [-0.2, 0) is 4.74 Å². The smallest absolute Gasteiger partial charge is 0.251 e. The number of carbonyl (C=O) groups is 1. The molecule has 0 aromatic heterocycles. The van der Waals surface area contributed by atoms with E-state index in [9.17, 15) is 4.79 Å². The number of nitrogens with one attached hydrogen (secondary N) is 1. The Labute approximate surface area is 139 Å². The molecule has 0 spiro atoms. The molecular formula is C19H29NO3. The molecule has 4 heteroatoms. The lowest BCUT2D eigenvalue weighted by Gasteiger charge is -2.34. The quantitative estimate of drug-likeness (QED) is 0.834. The topological polar surface area (TPSA) is 47.6 Å². The Morgan fingerprint density at radius 3 is 3.00 bits per heavy atom. The van der Waals surface area contributed by atoms with E-state index in [-0.39, 0.29) is 12.0 Å². The molecule has 128 valence electrons. The average Bonchev–Trinajstić information content (AvgIpc) is 2.58. The highest BCUT2D eigenvalue weighted by molar-refractivity contribution is 5.94. The van der Waals surface area contributed by atoms with E-state index in [1.807, 2.05) is 24.3 Å². The number of hydrogen-bond donors (Lipinski definition) is 1. The number of rotatable bonds is 7. The van der Waals surface area contributed by atoms with Crippen molar-refractivity contribution in [1.82, 2.24) is 5.32 Å². The summed E-state index contributed by atoms with van der Waals surface area (Å²) in [5, 5.41) is 3.06. The van der Waals surface area contributed by atoms with Gasteiger partial charge in [-0.3, -0.25) is 4.79 Å². The third kappa shape index (κ3) is 5.24. The third-order valence-corrected chi connectivity index (χ3v) is 4.25. The van der Waals surface area contributed by atoms with Gasteiger partial charge in [-0.1, -0.05) is 26.8 Å². The van der Waals surface area contributed by atoms with Crippen molar-refractivity contribution in [2.24, 2.45) is 11.8 Å². The number of hydrogen-bond acceptors (Lipinski definition) is 3. The van der Waals surface area contributed by atoms with Gasteiger partial charge in [0.15, 0.2) is 0 Å². The van der Waals surface area contributed by atoms with Crippen LogP contribution in [0.15, 0.2) is 24.3 Å². The molecule has 2 rings (SSSR count). The summed E-state index contributed by atoms with van der Waals surface area (Å²) < 4.78 is 11.5. The highest BCUT2D eigenvalue weighted by atomic mass is 16.5. The van der Waals surface area contributed by atoms with Gasteiger partial charge in [-0.05, 0) is 43.4 Å². The van der Waals surface area contributed by atoms with Crippen LogP contribution < -0.4 is 10.1 Å². The van der Waals surface area contributed by atoms with Gasteiger partial charge in [0.1, 0.15) is 5.75 Å². The van der Waals surface area contributed by atoms with Crippen LogP contribution in [0.2, 0.25) is 0 Å². The lowest BCUT2D eigenvalue weighted by atomic mass is 9.87. The van der Waals surface area contributed by atoms with Gasteiger partial charge in [0.05, 0.1) is 12.7 Å². The van der Waals surface area contributed by atoms with E-state index in [0.29, 0.717) is 30.6 Å². The van der Waals surface area contributed by atoms with Crippen molar-refractivity contribution < 1.29 is 14.3 Å². The zero-order chi connectivity index (χ0) is 16.7. The van der Waals surface area contributed by atoms with Gasteiger partial charge in [-0.25, -0.2) is 0 Å². The average molecular weight is 319 g/mol. The molecule has 1 aliphatic heterocycles. The monoisotopic (exact) mass is 319 g/mol. The van der Waals surface area contributed by atoms with Crippen molar-refractivity contribution in [3.63, 3.8) is 0 Å². The predicted octanol–water partition coefficient (Wildman–Crippen LogP) is 3.66. The minimum atomic E-state index is -0.0416. The highest BCUT2D eigenvalue weighted by Gasteiger charge is 2.28.